The summed E-state index contributed by atoms with van der Waals surface area (Å²) < 4.78 is 32.6. The average molecular weight is 305 g/mol. The molecule has 0 N–H and O–H groups in total. The minimum atomic E-state index is -0.812. The molecule has 0 atom stereocenters. The molecule has 92 valence electrons. The Kier molecular flexibility index (Phi) is 3.89. The van der Waals surface area contributed by atoms with Crippen molar-refractivity contribution in [3.05, 3.63) is 33.8 Å². The Balaban J connectivity index is 2.30. The van der Waals surface area contributed by atoms with Crippen molar-refractivity contribution in [3.8, 4) is 0 Å². The standard InChI is InChI=1S/C12H11BrF2O2/c13-8-5-9(14)11(10(15)6-8)12(16)7-1-3-17-4-2-7/h5-7H,1-4H2. The van der Waals surface area contributed by atoms with Crippen LogP contribution in [0.15, 0.2) is 16.6 Å². The Bertz CT molecular complexity index is 419. The van der Waals surface area contributed by atoms with Gasteiger partial charge in [-0.1, -0.05) is 15.9 Å². The number of ether oxygens (including phenoxy) is 1. The molecule has 1 aromatic carbocycles. The van der Waals surface area contributed by atoms with Crippen molar-refractivity contribution in [1.29, 1.82) is 0 Å². The molecule has 2 nitrogen and oxygen atoms in total. The van der Waals surface area contributed by atoms with Crippen LogP contribution in [-0.2, 0) is 4.74 Å². The van der Waals surface area contributed by atoms with Gasteiger partial charge in [0.05, 0.1) is 5.56 Å². The SMILES string of the molecule is O=C(c1c(F)cc(Br)cc1F)C1CCOCC1. The highest BCUT2D eigenvalue weighted by Gasteiger charge is 2.27. The first-order chi connectivity index (χ1) is 8.09. The molecule has 1 fully saturated rings. The van der Waals surface area contributed by atoms with E-state index in [1.165, 1.54) is 0 Å². The molecule has 1 aliphatic rings. The molecule has 1 aliphatic heterocycles. The van der Waals surface area contributed by atoms with Gasteiger partial charge in [-0.2, -0.15) is 0 Å². The minimum Gasteiger partial charge on any atom is -0.381 e. The lowest BCUT2D eigenvalue weighted by atomic mass is 9.90. The molecule has 0 unspecified atom stereocenters. The molecule has 1 aromatic rings. The lowest BCUT2D eigenvalue weighted by Gasteiger charge is -2.21. The fourth-order valence-electron chi connectivity index (χ4n) is 1.94. The first-order valence-corrected chi connectivity index (χ1v) is 6.15. The number of rotatable bonds is 2. The molecule has 1 heterocycles. The van der Waals surface area contributed by atoms with E-state index in [0.717, 1.165) is 12.1 Å². The normalized spacial score (nSPS) is 17.1. The van der Waals surface area contributed by atoms with E-state index in [1.807, 2.05) is 0 Å². The number of Topliss-reactive ketones (excluding diaryl/α,β-unsaturated/α-hetero) is 1. The van der Waals surface area contributed by atoms with Crippen molar-refractivity contribution in [2.24, 2.45) is 5.92 Å². The van der Waals surface area contributed by atoms with Gasteiger partial charge in [0.1, 0.15) is 11.6 Å². The van der Waals surface area contributed by atoms with Crippen LogP contribution < -0.4 is 0 Å². The van der Waals surface area contributed by atoms with Crippen molar-refractivity contribution >= 4 is 21.7 Å². The molecule has 0 amide bonds. The summed E-state index contributed by atoms with van der Waals surface area (Å²) in [6, 6.07) is 2.21. The fourth-order valence-corrected chi connectivity index (χ4v) is 2.34. The molecule has 0 spiro atoms. The Hall–Kier alpha value is -0.810. The maximum Gasteiger partial charge on any atom is 0.172 e. The predicted molar refractivity (Wildman–Crippen MR) is 61.9 cm³/mol. The predicted octanol–water partition coefficient (Wildman–Crippen LogP) is 3.34. The lowest BCUT2D eigenvalue weighted by molar-refractivity contribution is 0.0539. The highest BCUT2D eigenvalue weighted by atomic mass is 79.9. The van der Waals surface area contributed by atoms with Crippen LogP contribution in [0.2, 0.25) is 0 Å². The summed E-state index contributed by atoms with van der Waals surface area (Å²) in [6.45, 7) is 0.937. The molecule has 0 saturated carbocycles. The van der Waals surface area contributed by atoms with E-state index >= 15 is 0 Å². The maximum absolute atomic E-state index is 13.6. The van der Waals surface area contributed by atoms with Crippen molar-refractivity contribution in [2.75, 3.05) is 13.2 Å². The summed E-state index contributed by atoms with van der Waals surface area (Å²) >= 11 is 2.98. The van der Waals surface area contributed by atoms with Gasteiger partial charge in [0, 0.05) is 23.6 Å². The van der Waals surface area contributed by atoms with Crippen LogP contribution in [0.3, 0.4) is 0 Å². The third-order valence-electron chi connectivity index (χ3n) is 2.85. The van der Waals surface area contributed by atoms with Gasteiger partial charge in [-0.05, 0) is 25.0 Å². The Morgan fingerprint density at radius 1 is 1.24 bits per heavy atom. The van der Waals surface area contributed by atoms with Gasteiger partial charge >= 0.3 is 0 Å². The summed E-state index contributed by atoms with van der Waals surface area (Å²) in [5, 5.41) is 0. The van der Waals surface area contributed by atoms with Crippen LogP contribution in [0.25, 0.3) is 0 Å². The highest BCUT2D eigenvalue weighted by molar-refractivity contribution is 9.10. The number of hydrogen-bond acceptors (Lipinski definition) is 2. The zero-order valence-corrected chi connectivity index (χ0v) is 10.6. The number of hydrogen-bond donors (Lipinski definition) is 0. The van der Waals surface area contributed by atoms with Gasteiger partial charge < -0.3 is 4.74 Å². The molecular weight excluding hydrogens is 294 g/mol. The second-order valence-corrected chi connectivity index (χ2v) is 4.91. The van der Waals surface area contributed by atoms with E-state index in [1.54, 1.807) is 0 Å². The number of halogens is 3. The molecule has 0 aromatic heterocycles. The van der Waals surface area contributed by atoms with E-state index in [4.69, 9.17) is 4.74 Å². The molecule has 2 rings (SSSR count). The van der Waals surface area contributed by atoms with Crippen molar-refractivity contribution in [3.63, 3.8) is 0 Å². The lowest BCUT2D eigenvalue weighted by Crippen LogP contribution is -2.25. The third kappa shape index (κ3) is 2.72. The minimum absolute atomic E-state index is 0.288. The van der Waals surface area contributed by atoms with E-state index < -0.39 is 23.0 Å². The van der Waals surface area contributed by atoms with Crippen LogP contribution in [0.5, 0.6) is 0 Å². The molecule has 0 radical (unpaired) electrons. The van der Waals surface area contributed by atoms with Crippen molar-refractivity contribution in [2.45, 2.75) is 12.8 Å². The van der Waals surface area contributed by atoms with Crippen LogP contribution in [0.1, 0.15) is 23.2 Å². The third-order valence-corrected chi connectivity index (χ3v) is 3.30. The second-order valence-electron chi connectivity index (χ2n) is 4.00. The van der Waals surface area contributed by atoms with Crippen LogP contribution in [-0.4, -0.2) is 19.0 Å². The summed E-state index contributed by atoms with van der Waals surface area (Å²) in [6.07, 6.45) is 1.04. The van der Waals surface area contributed by atoms with Crippen molar-refractivity contribution < 1.29 is 18.3 Å². The second kappa shape index (κ2) is 5.23. The zero-order valence-electron chi connectivity index (χ0n) is 9.01. The van der Waals surface area contributed by atoms with Gasteiger partial charge in [0.25, 0.3) is 0 Å². The van der Waals surface area contributed by atoms with Crippen LogP contribution >= 0.6 is 15.9 Å². The summed E-state index contributed by atoms with van der Waals surface area (Å²) in [5.41, 5.74) is -0.430. The van der Waals surface area contributed by atoms with Crippen LogP contribution in [0.4, 0.5) is 8.78 Å². The van der Waals surface area contributed by atoms with Gasteiger partial charge in [-0.15, -0.1) is 0 Å². The Labute approximate surface area is 106 Å². The molecule has 0 bridgehead atoms. The highest BCUT2D eigenvalue weighted by Crippen LogP contribution is 2.25. The van der Waals surface area contributed by atoms with Gasteiger partial charge in [-0.3, -0.25) is 4.79 Å². The molecule has 5 heteroatoms. The monoisotopic (exact) mass is 304 g/mol. The zero-order chi connectivity index (χ0) is 12.4. The molecule has 1 saturated heterocycles. The number of carbonyl (C=O) groups is 1. The van der Waals surface area contributed by atoms with E-state index in [9.17, 15) is 13.6 Å². The van der Waals surface area contributed by atoms with Gasteiger partial charge in [0.2, 0.25) is 0 Å². The quantitative estimate of drug-likeness (QED) is 0.783. The average Bonchev–Trinajstić information content (AvgIpc) is 2.28. The first kappa shape index (κ1) is 12.6. The van der Waals surface area contributed by atoms with Crippen LogP contribution in [0, 0.1) is 17.6 Å². The van der Waals surface area contributed by atoms with Gasteiger partial charge in [-0.25, -0.2) is 8.78 Å². The molecule has 17 heavy (non-hydrogen) atoms. The largest absolute Gasteiger partial charge is 0.381 e. The van der Waals surface area contributed by atoms with E-state index in [2.05, 4.69) is 15.9 Å². The van der Waals surface area contributed by atoms with E-state index in [-0.39, 0.29) is 10.4 Å². The molecular formula is C12H11BrF2O2. The Morgan fingerprint density at radius 3 is 2.29 bits per heavy atom. The number of carbonyl (C=O) groups excluding carboxylic acids is 1. The summed E-state index contributed by atoms with van der Waals surface area (Å²) in [5.74, 6) is -2.42. The first-order valence-electron chi connectivity index (χ1n) is 5.36. The fraction of sp³-hybridized carbons (Fsp3) is 0.417. The Morgan fingerprint density at radius 2 is 1.76 bits per heavy atom. The summed E-state index contributed by atoms with van der Waals surface area (Å²) in [4.78, 5) is 12.0. The van der Waals surface area contributed by atoms with Gasteiger partial charge in [0.15, 0.2) is 5.78 Å². The maximum atomic E-state index is 13.6. The summed E-state index contributed by atoms with van der Waals surface area (Å²) in [7, 11) is 0. The molecule has 0 aliphatic carbocycles. The number of ketones is 1. The number of benzene rings is 1. The smallest absolute Gasteiger partial charge is 0.172 e. The van der Waals surface area contributed by atoms with E-state index in [0.29, 0.717) is 26.1 Å². The van der Waals surface area contributed by atoms with Crippen molar-refractivity contribution in [1.82, 2.24) is 0 Å². The topological polar surface area (TPSA) is 26.3 Å².